The fraction of sp³-hybridized carbons (Fsp3) is 1.00. The van der Waals surface area contributed by atoms with Gasteiger partial charge in [0.15, 0.2) is 0 Å². The van der Waals surface area contributed by atoms with Crippen LogP contribution in [0.5, 0.6) is 0 Å². The monoisotopic (exact) mass is 167 g/mol. The number of piperidine rings is 1. The molecule has 1 nitrogen and oxygen atoms in total. The summed E-state index contributed by atoms with van der Waals surface area (Å²) >= 11 is 0. The summed E-state index contributed by atoms with van der Waals surface area (Å²) in [6.07, 6.45) is 7.41. The van der Waals surface area contributed by atoms with Crippen molar-refractivity contribution >= 4 is 0 Å². The standard InChI is InChI=1S/C11H21N/c1-10-4-6-11(8-10)5-3-7-12(2)9-11/h10H,3-9H2,1-2H3. The van der Waals surface area contributed by atoms with E-state index in [0.717, 1.165) is 11.3 Å². The van der Waals surface area contributed by atoms with Gasteiger partial charge in [-0.2, -0.15) is 0 Å². The molecule has 1 spiro atoms. The van der Waals surface area contributed by atoms with E-state index in [1.54, 1.807) is 0 Å². The van der Waals surface area contributed by atoms with Crippen LogP contribution in [0.15, 0.2) is 0 Å². The molecule has 12 heavy (non-hydrogen) atoms. The first-order valence-corrected chi connectivity index (χ1v) is 5.39. The molecule has 0 aromatic carbocycles. The lowest BCUT2D eigenvalue weighted by Gasteiger charge is -2.39. The average Bonchev–Trinajstić information content (AvgIpc) is 2.32. The molecular formula is C11H21N. The number of hydrogen-bond acceptors (Lipinski definition) is 1. The van der Waals surface area contributed by atoms with Crippen LogP contribution >= 0.6 is 0 Å². The van der Waals surface area contributed by atoms with Crippen LogP contribution in [0.2, 0.25) is 0 Å². The highest BCUT2D eigenvalue weighted by molar-refractivity contribution is 4.92. The zero-order chi connectivity index (χ0) is 8.60. The van der Waals surface area contributed by atoms with Crippen molar-refractivity contribution in [3.05, 3.63) is 0 Å². The van der Waals surface area contributed by atoms with Crippen LogP contribution in [0.3, 0.4) is 0 Å². The molecule has 1 aliphatic carbocycles. The fourth-order valence-electron chi connectivity index (χ4n) is 3.32. The minimum Gasteiger partial charge on any atom is -0.306 e. The van der Waals surface area contributed by atoms with Gasteiger partial charge in [-0.05, 0) is 50.6 Å². The second-order valence-corrected chi connectivity index (χ2v) is 5.19. The summed E-state index contributed by atoms with van der Waals surface area (Å²) in [5.74, 6) is 0.997. The molecule has 0 aromatic heterocycles. The largest absolute Gasteiger partial charge is 0.306 e. The molecule has 1 saturated carbocycles. The Morgan fingerprint density at radius 3 is 2.75 bits per heavy atom. The van der Waals surface area contributed by atoms with Crippen LogP contribution in [0.1, 0.15) is 39.0 Å². The second-order valence-electron chi connectivity index (χ2n) is 5.19. The van der Waals surface area contributed by atoms with Gasteiger partial charge in [0.2, 0.25) is 0 Å². The normalized spacial score (nSPS) is 44.0. The number of nitrogens with zero attached hydrogens (tertiary/aromatic N) is 1. The molecule has 2 aliphatic rings. The second kappa shape index (κ2) is 3.02. The van der Waals surface area contributed by atoms with Crippen molar-refractivity contribution in [2.45, 2.75) is 39.0 Å². The molecular weight excluding hydrogens is 146 g/mol. The maximum absolute atomic E-state index is 2.53. The maximum atomic E-state index is 2.53. The molecule has 2 unspecified atom stereocenters. The van der Waals surface area contributed by atoms with Crippen molar-refractivity contribution < 1.29 is 0 Å². The summed E-state index contributed by atoms with van der Waals surface area (Å²) in [7, 11) is 2.28. The van der Waals surface area contributed by atoms with Gasteiger partial charge < -0.3 is 4.90 Å². The van der Waals surface area contributed by atoms with Crippen LogP contribution < -0.4 is 0 Å². The summed E-state index contributed by atoms with van der Waals surface area (Å²) in [5.41, 5.74) is 0.742. The quantitative estimate of drug-likeness (QED) is 0.536. The summed E-state index contributed by atoms with van der Waals surface area (Å²) in [4.78, 5) is 2.53. The summed E-state index contributed by atoms with van der Waals surface area (Å²) in [5, 5.41) is 0. The van der Waals surface area contributed by atoms with E-state index in [4.69, 9.17) is 0 Å². The summed E-state index contributed by atoms with van der Waals surface area (Å²) < 4.78 is 0. The van der Waals surface area contributed by atoms with Crippen molar-refractivity contribution in [3.8, 4) is 0 Å². The van der Waals surface area contributed by atoms with Gasteiger partial charge in [-0.3, -0.25) is 0 Å². The Morgan fingerprint density at radius 1 is 1.33 bits per heavy atom. The fourth-order valence-corrected chi connectivity index (χ4v) is 3.32. The van der Waals surface area contributed by atoms with Crippen LogP contribution in [-0.4, -0.2) is 25.0 Å². The first kappa shape index (κ1) is 8.55. The third-order valence-electron chi connectivity index (χ3n) is 3.80. The van der Waals surface area contributed by atoms with E-state index in [-0.39, 0.29) is 0 Å². The highest BCUT2D eigenvalue weighted by Crippen LogP contribution is 2.46. The molecule has 1 heterocycles. The molecule has 1 saturated heterocycles. The molecule has 1 aliphatic heterocycles. The first-order chi connectivity index (χ1) is 5.70. The number of rotatable bonds is 0. The van der Waals surface area contributed by atoms with E-state index in [1.807, 2.05) is 0 Å². The van der Waals surface area contributed by atoms with Gasteiger partial charge in [-0.25, -0.2) is 0 Å². The smallest absolute Gasteiger partial charge is 0.00350 e. The molecule has 0 amide bonds. The summed E-state index contributed by atoms with van der Waals surface area (Å²) in [6, 6.07) is 0. The highest BCUT2D eigenvalue weighted by atomic mass is 15.1. The van der Waals surface area contributed by atoms with Crippen molar-refractivity contribution in [2.24, 2.45) is 11.3 Å². The molecule has 0 N–H and O–H groups in total. The Hall–Kier alpha value is -0.0400. The Morgan fingerprint density at radius 2 is 2.17 bits per heavy atom. The van der Waals surface area contributed by atoms with E-state index >= 15 is 0 Å². The minimum absolute atomic E-state index is 0.742. The molecule has 1 heteroatoms. The van der Waals surface area contributed by atoms with Gasteiger partial charge in [0, 0.05) is 6.54 Å². The molecule has 2 atom stereocenters. The van der Waals surface area contributed by atoms with Gasteiger partial charge in [0.1, 0.15) is 0 Å². The Bertz CT molecular complexity index is 162. The lowest BCUT2D eigenvalue weighted by atomic mass is 9.78. The van der Waals surface area contributed by atoms with E-state index in [2.05, 4.69) is 18.9 Å². The van der Waals surface area contributed by atoms with E-state index in [1.165, 1.54) is 45.2 Å². The topological polar surface area (TPSA) is 3.24 Å². The third-order valence-corrected chi connectivity index (χ3v) is 3.80. The van der Waals surface area contributed by atoms with E-state index in [9.17, 15) is 0 Å². The highest BCUT2D eigenvalue weighted by Gasteiger charge is 2.39. The predicted octanol–water partition coefficient (Wildman–Crippen LogP) is 2.52. The molecule has 0 bridgehead atoms. The number of likely N-dealkylation sites (tertiary alicyclic amines) is 1. The van der Waals surface area contributed by atoms with Crippen molar-refractivity contribution in [2.75, 3.05) is 20.1 Å². The summed E-state index contributed by atoms with van der Waals surface area (Å²) in [6.45, 7) is 5.12. The van der Waals surface area contributed by atoms with Gasteiger partial charge >= 0.3 is 0 Å². The molecule has 2 fully saturated rings. The van der Waals surface area contributed by atoms with Crippen LogP contribution in [0, 0.1) is 11.3 Å². The molecule has 70 valence electrons. The number of hydrogen-bond donors (Lipinski definition) is 0. The average molecular weight is 167 g/mol. The van der Waals surface area contributed by atoms with Gasteiger partial charge in [-0.1, -0.05) is 13.3 Å². The zero-order valence-corrected chi connectivity index (χ0v) is 8.47. The Balaban J connectivity index is 2.00. The molecule has 2 rings (SSSR count). The molecule has 0 radical (unpaired) electrons. The van der Waals surface area contributed by atoms with Crippen LogP contribution in [0.25, 0.3) is 0 Å². The lowest BCUT2D eigenvalue weighted by molar-refractivity contribution is 0.111. The zero-order valence-electron chi connectivity index (χ0n) is 8.47. The van der Waals surface area contributed by atoms with E-state index < -0.39 is 0 Å². The Kier molecular flexibility index (Phi) is 2.16. The first-order valence-electron chi connectivity index (χ1n) is 5.39. The van der Waals surface area contributed by atoms with Crippen molar-refractivity contribution in [3.63, 3.8) is 0 Å². The van der Waals surface area contributed by atoms with E-state index in [0.29, 0.717) is 0 Å². The van der Waals surface area contributed by atoms with Gasteiger partial charge in [0.05, 0.1) is 0 Å². The SMILES string of the molecule is CC1CCC2(CCCN(C)C2)C1. The van der Waals surface area contributed by atoms with Crippen LogP contribution in [-0.2, 0) is 0 Å². The van der Waals surface area contributed by atoms with Gasteiger partial charge in [0.25, 0.3) is 0 Å². The minimum atomic E-state index is 0.742. The third kappa shape index (κ3) is 1.52. The molecule has 0 aromatic rings. The van der Waals surface area contributed by atoms with Gasteiger partial charge in [-0.15, -0.1) is 0 Å². The van der Waals surface area contributed by atoms with Crippen molar-refractivity contribution in [1.82, 2.24) is 4.90 Å². The Labute approximate surface area is 76.1 Å². The van der Waals surface area contributed by atoms with Crippen molar-refractivity contribution in [1.29, 1.82) is 0 Å². The maximum Gasteiger partial charge on any atom is 0.00350 e. The lowest BCUT2D eigenvalue weighted by Crippen LogP contribution is -2.39. The van der Waals surface area contributed by atoms with Crippen LogP contribution in [0.4, 0.5) is 0 Å². The predicted molar refractivity (Wildman–Crippen MR) is 52.2 cm³/mol.